The molecule has 0 aliphatic rings. The van der Waals surface area contributed by atoms with E-state index in [4.69, 9.17) is 0 Å². The molecular weight excluding hydrogens is 290 g/mol. The zero-order valence-corrected chi connectivity index (χ0v) is 14.1. The van der Waals surface area contributed by atoms with Crippen molar-refractivity contribution in [1.29, 1.82) is 0 Å². The number of hydrogen-bond donors (Lipinski definition) is 0. The van der Waals surface area contributed by atoms with Crippen molar-refractivity contribution < 1.29 is 0 Å². The van der Waals surface area contributed by atoms with Gasteiger partial charge in [-0.15, -0.1) is 0 Å². The highest BCUT2D eigenvalue weighted by Gasteiger charge is 2.17. The maximum absolute atomic E-state index is 2.37. The van der Waals surface area contributed by atoms with Crippen molar-refractivity contribution >= 4 is 10.8 Å². The van der Waals surface area contributed by atoms with Crippen LogP contribution in [-0.2, 0) is 0 Å². The summed E-state index contributed by atoms with van der Waals surface area (Å²) in [6, 6.07) is 30.3. The van der Waals surface area contributed by atoms with Gasteiger partial charge in [0.15, 0.2) is 0 Å². The summed E-state index contributed by atoms with van der Waals surface area (Å²) in [5.74, 6) is 0.324. The van der Waals surface area contributed by atoms with Crippen LogP contribution in [0.2, 0.25) is 0 Å². The fourth-order valence-electron chi connectivity index (χ4n) is 3.61. The third-order valence-corrected chi connectivity index (χ3v) is 4.85. The van der Waals surface area contributed by atoms with Crippen molar-refractivity contribution in [2.24, 2.45) is 0 Å². The number of nitrogens with zero attached hydrogens (tertiary/aromatic N) is 1. The van der Waals surface area contributed by atoms with Gasteiger partial charge in [-0.05, 0) is 47.5 Å². The number of hydrogen-bond acceptors (Lipinski definition) is 0. The summed E-state index contributed by atoms with van der Waals surface area (Å²) in [4.78, 5) is 0. The minimum Gasteiger partial charge on any atom is -0.318 e. The maximum Gasteiger partial charge on any atom is 0.0455 e. The molecule has 4 rings (SSSR count). The number of fused-ring (bicyclic) bond motifs is 1. The zero-order chi connectivity index (χ0) is 16.5. The second-order valence-corrected chi connectivity index (χ2v) is 6.36. The second-order valence-electron chi connectivity index (χ2n) is 6.36. The van der Waals surface area contributed by atoms with E-state index in [0.717, 1.165) is 0 Å². The van der Waals surface area contributed by atoms with E-state index in [2.05, 4.69) is 103 Å². The highest BCUT2D eigenvalue weighted by molar-refractivity contribution is 5.86. The molecule has 0 amide bonds. The Labute approximate surface area is 143 Å². The van der Waals surface area contributed by atoms with Gasteiger partial charge in [-0.25, -0.2) is 0 Å². The first-order valence-corrected chi connectivity index (χ1v) is 8.47. The van der Waals surface area contributed by atoms with Crippen LogP contribution < -0.4 is 0 Å². The molecule has 4 aromatic rings. The lowest BCUT2D eigenvalue weighted by Gasteiger charge is -2.19. The summed E-state index contributed by atoms with van der Waals surface area (Å²) in [6.45, 7) is 4.47. The van der Waals surface area contributed by atoms with Gasteiger partial charge in [0.05, 0.1) is 0 Å². The van der Waals surface area contributed by atoms with Gasteiger partial charge < -0.3 is 4.57 Å². The molecular formula is C23H21N. The van der Waals surface area contributed by atoms with Crippen molar-refractivity contribution in [3.8, 4) is 5.69 Å². The van der Waals surface area contributed by atoms with Crippen LogP contribution in [0.3, 0.4) is 0 Å². The van der Waals surface area contributed by atoms with Crippen molar-refractivity contribution in [3.63, 3.8) is 0 Å². The Hall–Kier alpha value is -2.80. The Kier molecular flexibility index (Phi) is 3.70. The molecule has 0 bridgehead atoms. The molecule has 0 fully saturated rings. The van der Waals surface area contributed by atoms with E-state index < -0.39 is 0 Å². The molecule has 0 spiro atoms. The van der Waals surface area contributed by atoms with Gasteiger partial charge >= 0.3 is 0 Å². The molecule has 24 heavy (non-hydrogen) atoms. The second kappa shape index (κ2) is 6.01. The highest BCUT2D eigenvalue weighted by Crippen LogP contribution is 2.32. The van der Waals surface area contributed by atoms with Crippen LogP contribution in [0.25, 0.3) is 16.5 Å². The number of rotatable bonds is 3. The normalized spacial score (nSPS) is 12.4. The Morgan fingerprint density at radius 1 is 0.708 bits per heavy atom. The Balaban J connectivity index is 1.88. The van der Waals surface area contributed by atoms with E-state index in [1.54, 1.807) is 0 Å². The summed E-state index contributed by atoms with van der Waals surface area (Å²) in [7, 11) is 0. The third kappa shape index (κ3) is 2.43. The fourth-order valence-corrected chi connectivity index (χ4v) is 3.61. The van der Waals surface area contributed by atoms with Gasteiger partial charge in [-0.3, -0.25) is 0 Å². The predicted octanol–water partition coefficient (Wildman–Crippen LogP) is 6.09. The van der Waals surface area contributed by atoms with Gasteiger partial charge in [0.25, 0.3) is 0 Å². The molecule has 3 aromatic carbocycles. The summed E-state index contributed by atoms with van der Waals surface area (Å²) in [5.41, 5.74) is 5.20. The van der Waals surface area contributed by atoms with Crippen molar-refractivity contribution in [1.82, 2.24) is 4.57 Å². The molecule has 0 N–H and O–H groups in total. The molecule has 1 heteroatoms. The average molecular weight is 311 g/mol. The van der Waals surface area contributed by atoms with Gasteiger partial charge in [0.2, 0.25) is 0 Å². The van der Waals surface area contributed by atoms with Gasteiger partial charge in [0, 0.05) is 23.0 Å². The molecule has 1 unspecified atom stereocenters. The molecule has 0 saturated carbocycles. The molecule has 1 nitrogen and oxygen atoms in total. The fraction of sp³-hybridized carbons (Fsp3) is 0.130. The number of aryl methyl sites for hydroxylation is 1. The summed E-state index contributed by atoms with van der Waals surface area (Å²) < 4.78 is 2.37. The maximum atomic E-state index is 2.37. The Morgan fingerprint density at radius 3 is 2.25 bits per heavy atom. The molecule has 0 aliphatic carbocycles. The molecule has 0 saturated heterocycles. The van der Waals surface area contributed by atoms with Crippen LogP contribution in [0.1, 0.15) is 29.8 Å². The first kappa shape index (κ1) is 14.8. The van der Waals surface area contributed by atoms with E-state index >= 15 is 0 Å². The summed E-state index contributed by atoms with van der Waals surface area (Å²) >= 11 is 0. The van der Waals surface area contributed by atoms with E-state index in [1.165, 1.54) is 33.4 Å². The number of aromatic nitrogens is 1. The highest BCUT2D eigenvalue weighted by atomic mass is 15.0. The SMILES string of the molecule is Cc1ccc(C(C)c2cccc3ccccc23)n1-c1ccccc1. The largest absolute Gasteiger partial charge is 0.318 e. The Bertz CT molecular complexity index is 974. The minimum absolute atomic E-state index is 0.324. The summed E-state index contributed by atoms with van der Waals surface area (Å²) in [6.07, 6.45) is 0. The lowest BCUT2D eigenvalue weighted by Crippen LogP contribution is -2.07. The van der Waals surface area contributed by atoms with Crippen molar-refractivity contribution in [2.45, 2.75) is 19.8 Å². The lowest BCUT2D eigenvalue weighted by molar-refractivity contribution is 0.819. The lowest BCUT2D eigenvalue weighted by atomic mass is 9.92. The van der Waals surface area contributed by atoms with E-state index in [1.807, 2.05) is 0 Å². The van der Waals surface area contributed by atoms with E-state index in [9.17, 15) is 0 Å². The minimum atomic E-state index is 0.324. The molecule has 1 heterocycles. The van der Waals surface area contributed by atoms with Gasteiger partial charge in [0.1, 0.15) is 0 Å². The van der Waals surface area contributed by atoms with Crippen molar-refractivity contribution in [3.05, 3.63) is 102 Å². The predicted molar refractivity (Wildman–Crippen MR) is 102 cm³/mol. The Morgan fingerprint density at radius 2 is 1.42 bits per heavy atom. The molecule has 118 valence electrons. The van der Waals surface area contributed by atoms with Crippen LogP contribution >= 0.6 is 0 Å². The van der Waals surface area contributed by atoms with Crippen LogP contribution in [0.15, 0.2) is 84.9 Å². The molecule has 0 aliphatic heterocycles. The topological polar surface area (TPSA) is 4.93 Å². The number of benzene rings is 3. The van der Waals surface area contributed by atoms with Crippen LogP contribution in [0.4, 0.5) is 0 Å². The first-order valence-electron chi connectivity index (χ1n) is 8.47. The standard InChI is InChI=1S/C23H21N/c1-17-15-16-23(24(17)20-11-4-3-5-12-20)18(2)21-14-8-10-19-9-6-7-13-22(19)21/h3-16,18H,1-2H3. The zero-order valence-electron chi connectivity index (χ0n) is 14.1. The van der Waals surface area contributed by atoms with Crippen LogP contribution in [-0.4, -0.2) is 4.57 Å². The van der Waals surface area contributed by atoms with E-state index in [0.29, 0.717) is 5.92 Å². The van der Waals surface area contributed by atoms with Gasteiger partial charge in [-0.2, -0.15) is 0 Å². The van der Waals surface area contributed by atoms with E-state index in [-0.39, 0.29) is 0 Å². The third-order valence-electron chi connectivity index (χ3n) is 4.85. The summed E-state index contributed by atoms with van der Waals surface area (Å²) in [5, 5.41) is 2.64. The molecule has 1 atom stereocenters. The molecule has 0 radical (unpaired) electrons. The first-order chi connectivity index (χ1) is 11.8. The smallest absolute Gasteiger partial charge is 0.0455 e. The molecule has 1 aromatic heterocycles. The number of para-hydroxylation sites is 1. The quantitative estimate of drug-likeness (QED) is 0.431. The monoisotopic (exact) mass is 311 g/mol. The van der Waals surface area contributed by atoms with Crippen LogP contribution in [0, 0.1) is 6.92 Å². The van der Waals surface area contributed by atoms with Crippen LogP contribution in [0.5, 0.6) is 0 Å². The average Bonchev–Trinajstić information content (AvgIpc) is 3.03. The van der Waals surface area contributed by atoms with Gasteiger partial charge in [-0.1, -0.05) is 67.6 Å². The van der Waals surface area contributed by atoms with Crippen molar-refractivity contribution in [2.75, 3.05) is 0 Å².